The first-order chi connectivity index (χ1) is 8.27. The van der Waals surface area contributed by atoms with Crippen molar-refractivity contribution in [2.24, 2.45) is 0 Å². The van der Waals surface area contributed by atoms with Gasteiger partial charge in [0.2, 0.25) is 0 Å². The van der Waals surface area contributed by atoms with Gasteiger partial charge < -0.3 is 10.6 Å². The van der Waals surface area contributed by atoms with E-state index in [1.807, 2.05) is 11.0 Å². The van der Waals surface area contributed by atoms with E-state index in [1.54, 1.807) is 6.07 Å². The zero-order valence-corrected chi connectivity index (χ0v) is 11.8. The number of aromatic nitrogens is 2. The van der Waals surface area contributed by atoms with E-state index in [9.17, 15) is 0 Å². The van der Waals surface area contributed by atoms with Gasteiger partial charge in [0.05, 0.1) is 11.4 Å². The van der Waals surface area contributed by atoms with Crippen molar-refractivity contribution in [1.82, 2.24) is 10.3 Å². The fraction of sp³-hybridized carbons (Fsp3) is 0.400. The number of benzene rings is 1. The van der Waals surface area contributed by atoms with Crippen LogP contribution in [0.25, 0.3) is 11.0 Å². The van der Waals surface area contributed by atoms with Gasteiger partial charge in [-0.15, -0.1) is 35.6 Å². The Hall–Kier alpha value is -0.910. The molecule has 8 heteroatoms. The molecule has 1 heterocycles. The molecule has 0 aliphatic carbocycles. The van der Waals surface area contributed by atoms with Crippen molar-refractivity contribution < 1.29 is 4.63 Å². The molecule has 2 N–H and O–H groups in total. The first-order valence-corrected chi connectivity index (χ1v) is 6.22. The van der Waals surface area contributed by atoms with E-state index in [2.05, 4.69) is 10.3 Å². The molecule has 0 radical (unpaired) electrons. The van der Waals surface area contributed by atoms with Crippen molar-refractivity contribution in [3.05, 3.63) is 12.1 Å². The van der Waals surface area contributed by atoms with Crippen molar-refractivity contribution in [1.29, 1.82) is 0 Å². The summed E-state index contributed by atoms with van der Waals surface area (Å²) in [7, 11) is 0. The van der Waals surface area contributed by atoms with E-state index in [0.717, 1.165) is 5.69 Å². The summed E-state index contributed by atoms with van der Waals surface area (Å²) in [4.78, 5) is 2.03. The van der Waals surface area contributed by atoms with Crippen LogP contribution in [-0.2, 0) is 0 Å². The van der Waals surface area contributed by atoms with Crippen LogP contribution in [0.3, 0.4) is 0 Å². The van der Waals surface area contributed by atoms with Crippen LogP contribution in [0.5, 0.6) is 0 Å². The molecule has 2 aromatic rings. The quantitative estimate of drug-likeness (QED) is 0.679. The average molecular weight is 312 g/mol. The maximum absolute atomic E-state index is 5.78. The lowest BCUT2D eigenvalue weighted by molar-refractivity contribution is 0.315. The number of alkyl halides is 2. The summed E-state index contributed by atoms with van der Waals surface area (Å²) in [6, 6.07) is 3.65. The molecule has 100 valence electrons. The number of hydrogen-bond donors (Lipinski definition) is 1. The highest BCUT2D eigenvalue weighted by molar-refractivity contribution is 6.18. The summed E-state index contributed by atoms with van der Waals surface area (Å²) in [6.07, 6.45) is 0. The maximum atomic E-state index is 5.78. The van der Waals surface area contributed by atoms with Gasteiger partial charge in [0.25, 0.3) is 0 Å². The van der Waals surface area contributed by atoms with Crippen molar-refractivity contribution in [2.45, 2.75) is 0 Å². The predicted molar refractivity (Wildman–Crippen MR) is 77.1 cm³/mol. The lowest BCUT2D eigenvalue weighted by Crippen LogP contribution is -2.27. The molecule has 0 spiro atoms. The van der Waals surface area contributed by atoms with Gasteiger partial charge in [0.1, 0.15) is 0 Å². The molecule has 0 fully saturated rings. The Labute approximate surface area is 121 Å². The average Bonchev–Trinajstić information content (AvgIpc) is 2.79. The standard InChI is InChI=1S/C10H12Cl2N4O.ClH/c11-3-5-16(6-4-12)8-2-1-7(13)9-10(8)15-17-14-9;/h1-2H,3-6,13H2;1H. The molecule has 0 unspecified atom stereocenters. The van der Waals surface area contributed by atoms with Crippen molar-refractivity contribution >= 4 is 58.0 Å². The smallest absolute Gasteiger partial charge is 0.160 e. The first kappa shape index (κ1) is 15.1. The van der Waals surface area contributed by atoms with Gasteiger partial charge in [-0.1, -0.05) is 0 Å². The maximum Gasteiger partial charge on any atom is 0.160 e. The van der Waals surface area contributed by atoms with Gasteiger partial charge in [0.15, 0.2) is 11.0 Å². The van der Waals surface area contributed by atoms with Crippen LogP contribution >= 0.6 is 35.6 Å². The first-order valence-electron chi connectivity index (χ1n) is 5.15. The number of fused-ring (bicyclic) bond motifs is 1. The highest BCUT2D eigenvalue weighted by Crippen LogP contribution is 2.28. The van der Waals surface area contributed by atoms with Gasteiger partial charge in [-0.3, -0.25) is 0 Å². The molecule has 0 aliphatic heterocycles. The Kier molecular flexibility index (Phi) is 5.78. The SMILES string of the molecule is Cl.Nc1ccc(N(CCCl)CCCl)c2nonc12. The largest absolute Gasteiger partial charge is 0.397 e. The summed E-state index contributed by atoms with van der Waals surface area (Å²) in [5.41, 5.74) is 8.42. The van der Waals surface area contributed by atoms with Crippen LogP contribution in [0, 0.1) is 0 Å². The lowest BCUT2D eigenvalue weighted by Gasteiger charge is -2.22. The highest BCUT2D eigenvalue weighted by atomic mass is 35.5. The van der Waals surface area contributed by atoms with Gasteiger partial charge in [-0.25, -0.2) is 4.63 Å². The van der Waals surface area contributed by atoms with Crippen molar-refractivity contribution in [3.63, 3.8) is 0 Å². The molecule has 0 aliphatic rings. The molecule has 18 heavy (non-hydrogen) atoms. The minimum absolute atomic E-state index is 0. The summed E-state index contributed by atoms with van der Waals surface area (Å²) in [5.74, 6) is 1.02. The summed E-state index contributed by atoms with van der Waals surface area (Å²) < 4.78 is 4.72. The third-order valence-electron chi connectivity index (χ3n) is 2.47. The van der Waals surface area contributed by atoms with E-state index in [-0.39, 0.29) is 12.4 Å². The van der Waals surface area contributed by atoms with E-state index < -0.39 is 0 Å². The molecule has 0 atom stereocenters. The second kappa shape index (κ2) is 6.87. The second-order valence-corrected chi connectivity index (χ2v) is 4.26. The number of anilines is 2. The van der Waals surface area contributed by atoms with Gasteiger partial charge in [-0.05, 0) is 22.4 Å². The number of hydrogen-bond acceptors (Lipinski definition) is 5. The summed E-state index contributed by atoms with van der Waals surface area (Å²) in [6.45, 7) is 1.36. The third-order valence-corrected chi connectivity index (χ3v) is 2.81. The molecule has 1 aromatic carbocycles. The Bertz CT molecular complexity index is 499. The molecule has 2 rings (SSSR count). The minimum Gasteiger partial charge on any atom is -0.397 e. The van der Waals surface area contributed by atoms with Gasteiger partial charge >= 0.3 is 0 Å². The monoisotopic (exact) mass is 310 g/mol. The number of nitrogens with zero attached hydrogens (tertiary/aromatic N) is 3. The summed E-state index contributed by atoms with van der Waals surface area (Å²) >= 11 is 11.5. The zero-order chi connectivity index (χ0) is 12.3. The Morgan fingerprint density at radius 1 is 1.11 bits per heavy atom. The van der Waals surface area contributed by atoms with E-state index in [1.165, 1.54) is 0 Å². The number of rotatable bonds is 5. The molecule has 0 saturated heterocycles. The molecule has 5 nitrogen and oxygen atoms in total. The van der Waals surface area contributed by atoms with Crippen molar-refractivity contribution in [3.8, 4) is 0 Å². The van der Waals surface area contributed by atoms with Crippen LogP contribution in [0.1, 0.15) is 0 Å². The fourth-order valence-corrected chi connectivity index (χ4v) is 2.09. The van der Waals surface area contributed by atoms with Crippen LogP contribution in [-0.4, -0.2) is 35.2 Å². The van der Waals surface area contributed by atoms with E-state index >= 15 is 0 Å². The Morgan fingerprint density at radius 2 is 1.72 bits per heavy atom. The van der Waals surface area contributed by atoms with Gasteiger partial charge in [0, 0.05) is 24.8 Å². The molecule has 0 amide bonds. The lowest BCUT2D eigenvalue weighted by atomic mass is 10.2. The van der Waals surface area contributed by atoms with Crippen LogP contribution in [0.15, 0.2) is 16.8 Å². The van der Waals surface area contributed by atoms with Crippen LogP contribution < -0.4 is 10.6 Å². The van der Waals surface area contributed by atoms with Crippen LogP contribution in [0.2, 0.25) is 0 Å². The molecule has 0 saturated carbocycles. The van der Waals surface area contributed by atoms with E-state index in [0.29, 0.717) is 41.6 Å². The van der Waals surface area contributed by atoms with E-state index in [4.69, 9.17) is 33.6 Å². The normalized spacial score (nSPS) is 10.3. The second-order valence-electron chi connectivity index (χ2n) is 3.50. The zero-order valence-electron chi connectivity index (χ0n) is 9.47. The topological polar surface area (TPSA) is 68.2 Å². The molecular weight excluding hydrogens is 298 g/mol. The molecular formula is C10H13Cl3N4O. The highest BCUT2D eigenvalue weighted by Gasteiger charge is 2.15. The predicted octanol–water partition coefficient (Wildman–Crippen LogP) is 2.51. The Morgan fingerprint density at radius 3 is 2.33 bits per heavy atom. The van der Waals surface area contributed by atoms with Crippen molar-refractivity contribution in [2.75, 3.05) is 35.5 Å². The number of nitrogen functional groups attached to an aromatic ring is 1. The molecule has 0 bridgehead atoms. The molecule has 1 aromatic heterocycles. The van der Waals surface area contributed by atoms with Gasteiger partial charge in [-0.2, -0.15) is 0 Å². The number of nitrogens with two attached hydrogens (primary N) is 1. The third kappa shape index (κ3) is 2.91. The minimum atomic E-state index is 0. The van der Waals surface area contributed by atoms with Crippen LogP contribution in [0.4, 0.5) is 11.4 Å². The summed E-state index contributed by atoms with van der Waals surface area (Å²) in [5, 5.41) is 7.65. The fourth-order valence-electron chi connectivity index (χ4n) is 1.68. The Balaban J connectivity index is 0.00000162. The number of halogens is 3.